The molecule has 56 valence electrons. The summed E-state index contributed by atoms with van der Waals surface area (Å²) in [6.07, 6.45) is 4.30. The van der Waals surface area contributed by atoms with Gasteiger partial charge in [-0.25, -0.2) is 0 Å². The summed E-state index contributed by atoms with van der Waals surface area (Å²) in [7, 11) is 0. The van der Waals surface area contributed by atoms with Crippen LogP contribution >= 0.6 is 0 Å². The summed E-state index contributed by atoms with van der Waals surface area (Å²) in [5.41, 5.74) is 1.26. The van der Waals surface area contributed by atoms with E-state index in [-0.39, 0.29) is 0 Å². The Balaban J connectivity index is 2.47. The molecule has 0 heterocycles. The molecular formula is C9H14O. The molecule has 1 aliphatic rings. The van der Waals surface area contributed by atoms with Crippen molar-refractivity contribution in [1.29, 1.82) is 0 Å². The van der Waals surface area contributed by atoms with Gasteiger partial charge in [0.2, 0.25) is 0 Å². The molecule has 1 rings (SSSR count). The third-order valence-corrected chi connectivity index (χ3v) is 2.19. The van der Waals surface area contributed by atoms with Crippen molar-refractivity contribution in [3.05, 3.63) is 12.2 Å². The Hall–Kier alpha value is -0.590. The van der Waals surface area contributed by atoms with E-state index in [1.807, 2.05) is 0 Å². The second-order valence-electron chi connectivity index (χ2n) is 3.15. The molecule has 10 heavy (non-hydrogen) atoms. The lowest BCUT2D eigenvalue weighted by molar-refractivity contribution is -0.121. The van der Waals surface area contributed by atoms with E-state index in [4.69, 9.17) is 0 Å². The Labute approximate surface area is 62.1 Å². The average Bonchev–Trinajstić information content (AvgIpc) is 1.88. The van der Waals surface area contributed by atoms with Crippen LogP contribution in [0.3, 0.4) is 0 Å². The molecule has 0 aromatic heterocycles. The first-order valence-electron chi connectivity index (χ1n) is 3.87. The van der Waals surface area contributed by atoms with E-state index < -0.39 is 0 Å². The van der Waals surface area contributed by atoms with Gasteiger partial charge in [0.1, 0.15) is 5.78 Å². The molecule has 1 unspecified atom stereocenters. The monoisotopic (exact) mass is 138 g/mol. The van der Waals surface area contributed by atoms with Crippen LogP contribution in [0.1, 0.15) is 32.6 Å². The van der Waals surface area contributed by atoms with Gasteiger partial charge in [0.15, 0.2) is 0 Å². The fourth-order valence-electron chi connectivity index (χ4n) is 1.50. The first-order valence-corrected chi connectivity index (χ1v) is 3.87. The summed E-state index contributed by atoms with van der Waals surface area (Å²) in [5, 5.41) is 0. The van der Waals surface area contributed by atoms with Gasteiger partial charge in [0.05, 0.1) is 0 Å². The average molecular weight is 138 g/mol. The lowest BCUT2D eigenvalue weighted by Crippen LogP contribution is -2.15. The summed E-state index contributed by atoms with van der Waals surface area (Å²) in [5.74, 6) is 0.627. The van der Waals surface area contributed by atoms with E-state index in [1.54, 1.807) is 6.92 Å². The van der Waals surface area contributed by atoms with E-state index in [0.717, 1.165) is 25.7 Å². The molecule has 0 radical (unpaired) electrons. The van der Waals surface area contributed by atoms with Crippen LogP contribution in [-0.2, 0) is 4.79 Å². The predicted molar refractivity (Wildman–Crippen MR) is 41.8 cm³/mol. The largest absolute Gasteiger partial charge is 0.300 e. The van der Waals surface area contributed by atoms with Crippen LogP contribution in [0.5, 0.6) is 0 Å². The van der Waals surface area contributed by atoms with Crippen LogP contribution in [0.4, 0.5) is 0 Å². The van der Waals surface area contributed by atoms with Gasteiger partial charge in [-0.05, 0) is 32.6 Å². The van der Waals surface area contributed by atoms with E-state index in [0.29, 0.717) is 11.7 Å². The Morgan fingerprint density at radius 1 is 1.70 bits per heavy atom. The molecule has 0 bridgehead atoms. The molecule has 0 aliphatic heterocycles. The number of Topliss-reactive ketones (excluding diaryl/α,β-unsaturated/α-hetero) is 1. The molecule has 1 atom stereocenters. The maximum atomic E-state index is 10.9. The fourth-order valence-corrected chi connectivity index (χ4v) is 1.50. The maximum absolute atomic E-state index is 10.9. The van der Waals surface area contributed by atoms with Crippen molar-refractivity contribution in [3.8, 4) is 0 Å². The van der Waals surface area contributed by atoms with Crippen molar-refractivity contribution < 1.29 is 4.79 Å². The third kappa shape index (κ3) is 1.69. The Morgan fingerprint density at radius 3 is 2.80 bits per heavy atom. The summed E-state index contributed by atoms with van der Waals surface area (Å²) < 4.78 is 0. The lowest BCUT2D eigenvalue weighted by Gasteiger charge is -2.20. The quantitative estimate of drug-likeness (QED) is 0.508. The summed E-state index contributed by atoms with van der Waals surface area (Å²) in [6, 6.07) is 0. The van der Waals surface area contributed by atoms with Crippen molar-refractivity contribution in [1.82, 2.24) is 0 Å². The lowest BCUT2D eigenvalue weighted by atomic mass is 9.84. The standard InChI is InChI=1S/C9H14O/c1-7-4-3-5-9(6-7)8(2)10/h9H,1,3-6H2,2H3. The molecule has 0 aromatic rings. The SMILES string of the molecule is C=C1CCCC(C(C)=O)C1. The van der Waals surface area contributed by atoms with Gasteiger partial charge in [-0.1, -0.05) is 12.2 Å². The van der Waals surface area contributed by atoms with Crippen LogP contribution in [-0.4, -0.2) is 5.78 Å². The predicted octanol–water partition coefficient (Wildman–Crippen LogP) is 2.32. The zero-order chi connectivity index (χ0) is 7.56. The number of carbonyl (C=O) groups excluding carboxylic acids is 1. The van der Waals surface area contributed by atoms with Crippen LogP contribution in [0.15, 0.2) is 12.2 Å². The summed E-state index contributed by atoms with van der Waals surface area (Å²) in [4.78, 5) is 10.9. The summed E-state index contributed by atoms with van der Waals surface area (Å²) in [6.45, 7) is 5.58. The normalized spacial score (nSPS) is 26.5. The minimum atomic E-state index is 0.293. The van der Waals surface area contributed by atoms with Crippen molar-refractivity contribution in [2.24, 2.45) is 5.92 Å². The van der Waals surface area contributed by atoms with Gasteiger partial charge in [0.25, 0.3) is 0 Å². The third-order valence-electron chi connectivity index (χ3n) is 2.19. The zero-order valence-corrected chi connectivity index (χ0v) is 6.52. The van der Waals surface area contributed by atoms with Gasteiger partial charge in [-0.3, -0.25) is 4.79 Å². The molecule has 1 saturated carbocycles. The van der Waals surface area contributed by atoms with Crippen LogP contribution in [0, 0.1) is 5.92 Å². The van der Waals surface area contributed by atoms with Gasteiger partial charge < -0.3 is 0 Å². The first-order chi connectivity index (χ1) is 4.70. The van der Waals surface area contributed by atoms with Crippen molar-refractivity contribution in [2.45, 2.75) is 32.6 Å². The highest BCUT2D eigenvalue weighted by Gasteiger charge is 2.18. The molecule has 1 fully saturated rings. The number of hydrogen-bond acceptors (Lipinski definition) is 1. The van der Waals surface area contributed by atoms with Crippen molar-refractivity contribution in [2.75, 3.05) is 0 Å². The minimum Gasteiger partial charge on any atom is -0.300 e. The molecule has 1 aliphatic carbocycles. The maximum Gasteiger partial charge on any atom is 0.133 e. The van der Waals surface area contributed by atoms with Crippen LogP contribution in [0.2, 0.25) is 0 Å². The van der Waals surface area contributed by atoms with Crippen molar-refractivity contribution >= 4 is 5.78 Å². The molecule has 0 N–H and O–H groups in total. The highest BCUT2D eigenvalue weighted by Crippen LogP contribution is 2.27. The first kappa shape index (κ1) is 7.52. The van der Waals surface area contributed by atoms with E-state index in [1.165, 1.54) is 5.57 Å². The highest BCUT2D eigenvalue weighted by atomic mass is 16.1. The summed E-state index contributed by atoms with van der Waals surface area (Å²) >= 11 is 0. The zero-order valence-electron chi connectivity index (χ0n) is 6.52. The van der Waals surface area contributed by atoms with Gasteiger partial charge in [-0.2, -0.15) is 0 Å². The number of hydrogen-bond donors (Lipinski definition) is 0. The van der Waals surface area contributed by atoms with Crippen molar-refractivity contribution in [3.63, 3.8) is 0 Å². The Bertz CT molecular complexity index is 156. The number of allylic oxidation sites excluding steroid dienone is 1. The van der Waals surface area contributed by atoms with Gasteiger partial charge in [0, 0.05) is 5.92 Å². The Kier molecular flexibility index (Phi) is 2.25. The highest BCUT2D eigenvalue weighted by molar-refractivity contribution is 5.78. The Morgan fingerprint density at radius 2 is 2.40 bits per heavy atom. The van der Waals surface area contributed by atoms with E-state index in [2.05, 4.69) is 6.58 Å². The number of ketones is 1. The second-order valence-corrected chi connectivity index (χ2v) is 3.15. The topological polar surface area (TPSA) is 17.1 Å². The van der Waals surface area contributed by atoms with Crippen LogP contribution < -0.4 is 0 Å². The molecule has 0 saturated heterocycles. The molecule has 0 spiro atoms. The molecule has 0 amide bonds. The smallest absolute Gasteiger partial charge is 0.133 e. The molecule has 1 nitrogen and oxygen atoms in total. The second kappa shape index (κ2) is 3.00. The van der Waals surface area contributed by atoms with Gasteiger partial charge in [-0.15, -0.1) is 0 Å². The fraction of sp³-hybridized carbons (Fsp3) is 0.667. The molecule has 0 aromatic carbocycles. The molecule has 1 heteroatoms. The van der Waals surface area contributed by atoms with E-state index >= 15 is 0 Å². The van der Waals surface area contributed by atoms with Gasteiger partial charge >= 0.3 is 0 Å². The number of carbonyl (C=O) groups is 1. The number of rotatable bonds is 1. The minimum absolute atomic E-state index is 0.293. The van der Waals surface area contributed by atoms with Crippen LogP contribution in [0.25, 0.3) is 0 Å². The molecular weight excluding hydrogens is 124 g/mol. The van der Waals surface area contributed by atoms with E-state index in [9.17, 15) is 4.79 Å².